The molecule has 0 atom stereocenters. The summed E-state index contributed by atoms with van der Waals surface area (Å²) in [6.45, 7) is 8.35. The Morgan fingerprint density at radius 3 is 2.35 bits per heavy atom. The number of nitrogen functional groups attached to an aromatic ring is 1. The summed E-state index contributed by atoms with van der Waals surface area (Å²) in [6.07, 6.45) is 9.22. The summed E-state index contributed by atoms with van der Waals surface area (Å²) < 4.78 is 0. The molecule has 6 rings (SSSR count). The quantitative estimate of drug-likeness (QED) is 0.456. The maximum Gasteiger partial charge on any atom is 0.226 e. The van der Waals surface area contributed by atoms with Gasteiger partial charge in [-0.2, -0.15) is 5.10 Å². The number of anilines is 1. The van der Waals surface area contributed by atoms with E-state index < -0.39 is 0 Å². The fourth-order valence-electron chi connectivity index (χ4n) is 6.79. The van der Waals surface area contributed by atoms with Gasteiger partial charge in [0.2, 0.25) is 11.9 Å². The molecule has 2 saturated heterocycles. The number of nitrogens with one attached hydrogen (secondary N) is 1. The summed E-state index contributed by atoms with van der Waals surface area (Å²) in [5, 5.41) is 7.48. The van der Waals surface area contributed by atoms with Gasteiger partial charge in [0.25, 0.3) is 0 Å². The van der Waals surface area contributed by atoms with E-state index in [4.69, 9.17) is 5.73 Å². The largest absolute Gasteiger partial charge is 0.368 e. The van der Waals surface area contributed by atoms with E-state index in [2.05, 4.69) is 38.9 Å². The molecular formula is C31H39N7O2. The number of nitrogens with zero attached hydrogens (tertiary/aromatic N) is 5. The van der Waals surface area contributed by atoms with Gasteiger partial charge in [-0.25, -0.2) is 9.97 Å². The maximum absolute atomic E-state index is 13.4. The average Bonchev–Trinajstić information content (AvgIpc) is 3.42. The number of aromatic amines is 1. The fraction of sp³-hybridized carbons (Fsp3) is 0.516. The average molecular weight is 542 g/mol. The highest BCUT2D eigenvalue weighted by molar-refractivity contribution is 5.99. The predicted octanol–water partition coefficient (Wildman–Crippen LogP) is 3.73. The Kier molecular flexibility index (Phi) is 7.16. The van der Waals surface area contributed by atoms with Crippen LogP contribution in [-0.4, -0.2) is 73.9 Å². The first-order valence-corrected chi connectivity index (χ1v) is 14.6. The number of aromatic nitrogens is 4. The smallest absolute Gasteiger partial charge is 0.226 e. The molecule has 3 aliphatic rings. The van der Waals surface area contributed by atoms with Crippen LogP contribution in [0.1, 0.15) is 78.7 Å². The van der Waals surface area contributed by atoms with Gasteiger partial charge in [-0.05, 0) is 67.3 Å². The Labute approximate surface area is 235 Å². The van der Waals surface area contributed by atoms with Crippen LogP contribution < -0.4 is 5.73 Å². The second-order valence-electron chi connectivity index (χ2n) is 12.3. The Morgan fingerprint density at radius 1 is 0.975 bits per heavy atom. The summed E-state index contributed by atoms with van der Waals surface area (Å²) in [5.74, 6) is 0.366. The minimum absolute atomic E-state index is 0.0206. The molecule has 0 unspecified atom stereocenters. The van der Waals surface area contributed by atoms with Gasteiger partial charge in [0.15, 0.2) is 5.78 Å². The van der Waals surface area contributed by atoms with Crippen LogP contribution in [0, 0.1) is 0 Å². The monoisotopic (exact) mass is 541 g/mol. The fourth-order valence-corrected chi connectivity index (χ4v) is 6.79. The van der Waals surface area contributed by atoms with Crippen molar-refractivity contribution in [2.75, 3.05) is 31.9 Å². The van der Waals surface area contributed by atoms with E-state index in [1.165, 1.54) is 32.4 Å². The topological polar surface area (TPSA) is 121 Å². The van der Waals surface area contributed by atoms with E-state index in [1.807, 2.05) is 29.2 Å². The molecule has 0 bridgehead atoms. The van der Waals surface area contributed by atoms with Crippen molar-refractivity contribution in [3.63, 3.8) is 0 Å². The van der Waals surface area contributed by atoms with Crippen molar-refractivity contribution in [1.29, 1.82) is 0 Å². The molecule has 9 nitrogen and oxygen atoms in total. The summed E-state index contributed by atoms with van der Waals surface area (Å²) in [6, 6.07) is 8.50. The number of hydrogen-bond donors (Lipinski definition) is 2. The van der Waals surface area contributed by atoms with Crippen molar-refractivity contribution < 1.29 is 9.59 Å². The van der Waals surface area contributed by atoms with E-state index in [9.17, 15) is 9.59 Å². The summed E-state index contributed by atoms with van der Waals surface area (Å²) in [7, 11) is 0. The lowest BCUT2D eigenvalue weighted by Gasteiger charge is -2.40. The normalized spacial score (nSPS) is 19.2. The third kappa shape index (κ3) is 5.27. The second-order valence-corrected chi connectivity index (χ2v) is 12.3. The Bertz CT molecular complexity index is 1400. The third-order valence-electron chi connectivity index (χ3n) is 8.93. The molecule has 0 spiro atoms. The number of fused-ring (bicyclic) bond motifs is 3. The number of nitrogens with two attached hydrogens (primary N) is 1. The molecule has 2 aliphatic heterocycles. The van der Waals surface area contributed by atoms with Gasteiger partial charge >= 0.3 is 0 Å². The van der Waals surface area contributed by atoms with Crippen molar-refractivity contribution >= 4 is 17.6 Å². The number of hydrogen-bond acceptors (Lipinski definition) is 7. The van der Waals surface area contributed by atoms with E-state index in [-0.39, 0.29) is 29.5 Å². The summed E-state index contributed by atoms with van der Waals surface area (Å²) in [4.78, 5) is 39.6. The van der Waals surface area contributed by atoms with E-state index >= 15 is 0 Å². The number of H-pyrrole nitrogens is 1. The number of amides is 1. The molecule has 40 heavy (non-hydrogen) atoms. The lowest BCUT2D eigenvalue weighted by atomic mass is 9.72. The van der Waals surface area contributed by atoms with Crippen molar-refractivity contribution in [3.05, 3.63) is 58.4 Å². The van der Waals surface area contributed by atoms with E-state index in [1.54, 1.807) is 6.20 Å². The van der Waals surface area contributed by atoms with Crippen LogP contribution in [0.25, 0.3) is 11.4 Å². The van der Waals surface area contributed by atoms with Crippen LogP contribution in [-0.2, 0) is 29.5 Å². The van der Waals surface area contributed by atoms with E-state index in [0.717, 1.165) is 48.2 Å². The first-order valence-electron chi connectivity index (χ1n) is 14.6. The van der Waals surface area contributed by atoms with Crippen LogP contribution in [0.15, 0.2) is 30.5 Å². The SMILES string of the molecule is CC1(C)Cc2cnc(N)nc2-c2n[nH]c(C(=O)Cc3ccc(CC(=O)N4CCC(N5CCCCC5)CC4)cc3)c21. The van der Waals surface area contributed by atoms with Gasteiger partial charge < -0.3 is 15.5 Å². The number of piperidine rings is 2. The molecule has 210 valence electrons. The van der Waals surface area contributed by atoms with Gasteiger partial charge in [-0.3, -0.25) is 14.7 Å². The molecule has 0 radical (unpaired) electrons. The van der Waals surface area contributed by atoms with E-state index in [0.29, 0.717) is 36.0 Å². The van der Waals surface area contributed by atoms with Crippen LogP contribution in [0.4, 0.5) is 5.95 Å². The zero-order chi connectivity index (χ0) is 27.9. The lowest BCUT2D eigenvalue weighted by molar-refractivity contribution is -0.132. The van der Waals surface area contributed by atoms with Gasteiger partial charge in [0, 0.05) is 37.3 Å². The minimum Gasteiger partial charge on any atom is -0.368 e. The number of rotatable bonds is 6. The Morgan fingerprint density at radius 2 is 1.65 bits per heavy atom. The van der Waals surface area contributed by atoms with Gasteiger partial charge in [0.1, 0.15) is 11.4 Å². The Hall–Kier alpha value is -3.59. The third-order valence-corrected chi connectivity index (χ3v) is 8.93. The summed E-state index contributed by atoms with van der Waals surface area (Å²) >= 11 is 0. The van der Waals surface area contributed by atoms with Crippen LogP contribution >= 0.6 is 0 Å². The Balaban J connectivity index is 1.08. The van der Waals surface area contributed by atoms with Crippen LogP contribution in [0.3, 0.4) is 0 Å². The van der Waals surface area contributed by atoms with Crippen LogP contribution in [0.2, 0.25) is 0 Å². The highest BCUT2D eigenvalue weighted by Gasteiger charge is 2.38. The molecule has 2 aromatic heterocycles. The number of ketones is 1. The zero-order valence-corrected chi connectivity index (χ0v) is 23.6. The molecule has 1 aromatic carbocycles. The highest BCUT2D eigenvalue weighted by atomic mass is 16.2. The number of benzene rings is 1. The molecule has 3 aromatic rings. The van der Waals surface area contributed by atoms with Gasteiger partial charge in [-0.15, -0.1) is 0 Å². The number of carbonyl (C=O) groups excluding carboxylic acids is 2. The minimum atomic E-state index is -0.299. The molecule has 4 heterocycles. The van der Waals surface area contributed by atoms with Crippen molar-refractivity contribution in [2.45, 2.75) is 76.7 Å². The van der Waals surface area contributed by atoms with Gasteiger partial charge in [-0.1, -0.05) is 44.5 Å². The molecule has 2 fully saturated rings. The molecule has 3 N–H and O–H groups in total. The van der Waals surface area contributed by atoms with Crippen LogP contribution in [0.5, 0.6) is 0 Å². The predicted molar refractivity (Wildman–Crippen MR) is 154 cm³/mol. The molecular weight excluding hydrogens is 502 g/mol. The number of carbonyl (C=O) groups is 2. The second kappa shape index (κ2) is 10.8. The first kappa shape index (κ1) is 26.6. The molecule has 9 heteroatoms. The first-order chi connectivity index (χ1) is 19.3. The van der Waals surface area contributed by atoms with Crippen molar-refractivity contribution in [2.24, 2.45) is 0 Å². The van der Waals surface area contributed by atoms with Crippen molar-refractivity contribution in [1.82, 2.24) is 30.0 Å². The molecule has 1 aliphatic carbocycles. The van der Waals surface area contributed by atoms with Crippen molar-refractivity contribution in [3.8, 4) is 11.4 Å². The number of likely N-dealkylation sites (tertiary alicyclic amines) is 2. The standard InChI is InChI=1S/C31H39N7O2/c1-31(2)18-22-19-33-30(32)34-27(22)29-26(31)28(35-36-29)24(39)16-20-6-8-21(9-7-20)17-25(40)38-14-10-23(11-15-38)37-12-4-3-5-13-37/h6-9,19,23H,3-5,10-18H2,1-2H3,(H,35,36)(H2,32,33,34). The molecule has 0 saturated carbocycles. The number of Topliss-reactive ketones (excluding diaryl/α,β-unsaturated/α-hetero) is 1. The maximum atomic E-state index is 13.4. The zero-order valence-electron chi connectivity index (χ0n) is 23.6. The molecule has 1 amide bonds. The lowest BCUT2D eigenvalue weighted by Crippen LogP contribution is -2.48. The summed E-state index contributed by atoms with van der Waals surface area (Å²) in [5.41, 5.74) is 11.2. The van der Waals surface area contributed by atoms with Gasteiger partial charge in [0.05, 0.1) is 12.1 Å². The highest BCUT2D eigenvalue weighted by Crippen LogP contribution is 2.43.